The first kappa shape index (κ1) is 20.7. The lowest BCUT2D eigenvalue weighted by Gasteiger charge is -2.12. The average Bonchev–Trinajstić information content (AvgIpc) is 2.63. The number of thiocarbonyl (C=S) groups is 1. The fourth-order valence-corrected chi connectivity index (χ4v) is 2.73. The number of carbonyl (C=O) groups is 1. The molecule has 0 bridgehead atoms. The van der Waals surface area contributed by atoms with Gasteiger partial charge in [-0.1, -0.05) is 17.7 Å². The molecular formula is C19H20ClN3O3S. The zero-order valence-electron chi connectivity index (χ0n) is 15.2. The molecule has 142 valence electrons. The molecule has 0 aromatic heterocycles. The van der Waals surface area contributed by atoms with Crippen LogP contribution in [0.15, 0.2) is 41.5 Å². The fraction of sp³-hybridized carbons (Fsp3) is 0.211. The molecule has 0 saturated carbocycles. The van der Waals surface area contributed by atoms with E-state index in [0.717, 1.165) is 16.8 Å². The second kappa shape index (κ2) is 9.34. The van der Waals surface area contributed by atoms with Crippen LogP contribution in [0.4, 0.5) is 5.69 Å². The van der Waals surface area contributed by atoms with Gasteiger partial charge in [-0.2, -0.15) is 5.10 Å². The van der Waals surface area contributed by atoms with Crippen LogP contribution in [0, 0.1) is 6.92 Å². The van der Waals surface area contributed by atoms with Crippen molar-refractivity contribution in [2.75, 3.05) is 12.4 Å². The summed E-state index contributed by atoms with van der Waals surface area (Å²) in [5.41, 5.74) is 6.45. The van der Waals surface area contributed by atoms with Gasteiger partial charge in [0.2, 0.25) is 0 Å². The van der Waals surface area contributed by atoms with Crippen LogP contribution in [0.5, 0.6) is 5.75 Å². The molecule has 0 heterocycles. The molecular weight excluding hydrogens is 386 g/mol. The SMILES string of the molecule is COc1ccc(/C(C)=N\NC(=S)Nc2cccc(Cl)c2C)cc1CC(=O)O. The first-order valence-electron chi connectivity index (χ1n) is 8.07. The van der Waals surface area contributed by atoms with Crippen LogP contribution in [0.1, 0.15) is 23.6 Å². The third-order valence-electron chi connectivity index (χ3n) is 3.88. The Hall–Kier alpha value is -2.64. The minimum atomic E-state index is -0.930. The second-order valence-electron chi connectivity index (χ2n) is 5.77. The first-order chi connectivity index (χ1) is 12.8. The zero-order chi connectivity index (χ0) is 20.0. The van der Waals surface area contributed by atoms with E-state index in [1.54, 1.807) is 25.1 Å². The summed E-state index contributed by atoms with van der Waals surface area (Å²) in [6.45, 7) is 3.69. The predicted octanol–water partition coefficient (Wildman–Crippen LogP) is 3.99. The summed E-state index contributed by atoms with van der Waals surface area (Å²) in [5.74, 6) is -0.407. The number of methoxy groups -OCH3 is 1. The quantitative estimate of drug-likeness (QED) is 0.383. The molecule has 0 aliphatic rings. The van der Waals surface area contributed by atoms with Crippen molar-refractivity contribution in [3.05, 3.63) is 58.1 Å². The first-order valence-corrected chi connectivity index (χ1v) is 8.86. The lowest BCUT2D eigenvalue weighted by Crippen LogP contribution is -2.25. The summed E-state index contributed by atoms with van der Waals surface area (Å²) < 4.78 is 5.21. The summed E-state index contributed by atoms with van der Waals surface area (Å²) in [6.07, 6.45) is -0.133. The summed E-state index contributed by atoms with van der Waals surface area (Å²) >= 11 is 11.4. The Morgan fingerprint density at radius 3 is 2.74 bits per heavy atom. The van der Waals surface area contributed by atoms with Crippen LogP contribution in [-0.4, -0.2) is 29.0 Å². The van der Waals surface area contributed by atoms with Crippen molar-refractivity contribution in [1.29, 1.82) is 0 Å². The lowest BCUT2D eigenvalue weighted by atomic mass is 10.0. The standard InChI is InChI=1S/C19H20ClN3O3S/c1-11-15(20)5-4-6-16(11)21-19(27)23-22-12(2)13-7-8-17(26-3)14(9-13)10-18(24)25/h4-9H,10H2,1-3H3,(H,24,25)(H2,21,23,27)/b22-12-. The maximum Gasteiger partial charge on any atom is 0.307 e. The number of carboxylic acid groups (broad SMARTS) is 1. The third kappa shape index (κ3) is 5.67. The van der Waals surface area contributed by atoms with Crippen molar-refractivity contribution >= 4 is 46.3 Å². The Labute approximate surface area is 168 Å². The number of hydrogen-bond acceptors (Lipinski definition) is 4. The van der Waals surface area contributed by atoms with Gasteiger partial charge in [-0.05, 0) is 67.5 Å². The second-order valence-corrected chi connectivity index (χ2v) is 6.59. The average molecular weight is 406 g/mol. The highest BCUT2D eigenvalue weighted by atomic mass is 35.5. The van der Waals surface area contributed by atoms with Crippen LogP contribution in [-0.2, 0) is 11.2 Å². The predicted molar refractivity (Wildman–Crippen MR) is 112 cm³/mol. The van der Waals surface area contributed by atoms with Crippen molar-refractivity contribution in [1.82, 2.24) is 5.43 Å². The number of hydrazone groups is 1. The normalized spacial score (nSPS) is 11.0. The van der Waals surface area contributed by atoms with E-state index >= 15 is 0 Å². The fourth-order valence-electron chi connectivity index (χ4n) is 2.40. The Bertz CT molecular complexity index is 900. The molecule has 2 aromatic carbocycles. The van der Waals surface area contributed by atoms with Crippen molar-refractivity contribution < 1.29 is 14.6 Å². The minimum absolute atomic E-state index is 0.133. The Kier molecular flexibility index (Phi) is 7.15. The van der Waals surface area contributed by atoms with E-state index in [0.29, 0.717) is 27.2 Å². The highest BCUT2D eigenvalue weighted by Crippen LogP contribution is 2.23. The summed E-state index contributed by atoms with van der Waals surface area (Å²) in [5, 5.41) is 17.3. The molecule has 0 fully saturated rings. The van der Waals surface area contributed by atoms with Crippen LogP contribution in [0.2, 0.25) is 5.02 Å². The highest BCUT2D eigenvalue weighted by molar-refractivity contribution is 7.80. The number of rotatable bonds is 6. The molecule has 0 atom stereocenters. The molecule has 0 saturated heterocycles. The van der Waals surface area contributed by atoms with E-state index in [9.17, 15) is 4.79 Å². The maximum absolute atomic E-state index is 11.0. The minimum Gasteiger partial charge on any atom is -0.496 e. The molecule has 0 amide bonds. The van der Waals surface area contributed by atoms with E-state index in [4.69, 9.17) is 33.7 Å². The molecule has 2 rings (SSSR count). The highest BCUT2D eigenvalue weighted by Gasteiger charge is 2.10. The number of carboxylic acids is 1. The van der Waals surface area contributed by atoms with Crippen molar-refractivity contribution in [3.63, 3.8) is 0 Å². The van der Waals surface area contributed by atoms with Gasteiger partial charge < -0.3 is 15.2 Å². The van der Waals surface area contributed by atoms with Gasteiger partial charge in [-0.15, -0.1) is 0 Å². The molecule has 6 nitrogen and oxygen atoms in total. The van der Waals surface area contributed by atoms with E-state index in [-0.39, 0.29) is 6.42 Å². The van der Waals surface area contributed by atoms with Gasteiger partial charge in [0.25, 0.3) is 0 Å². The van der Waals surface area contributed by atoms with Crippen LogP contribution in [0.3, 0.4) is 0 Å². The monoisotopic (exact) mass is 405 g/mol. The molecule has 0 aliphatic heterocycles. The van der Waals surface area contributed by atoms with Crippen molar-refractivity contribution in [2.24, 2.45) is 5.10 Å². The molecule has 0 radical (unpaired) electrons. The molecule has 2 aromatic rings. The summed E-state index contributed by atoms with van der Waals surface area (Å²) in [6, 6.07) is 10.8. The number of nitrogens with zero attached hydrogens (tertiary/aromatic N) is 1. The van der Waals surface area contributed by atoms with Crippen molar-refractivity contribution in [3.8, 4) is 5.75 Å². The van der Waals surface area contributed by atoms with E-state index in [1.165, 1.54) is 7.11 Å². The summed E-state index contributed by atoms with van der Waals surface area (Å²) in [4.78, 5) is 11.0. The Balaban J connectivity index is 2.11. The summed E-state index contributed by atoms with van der Waals surface area (Å²) in [7, 11) is 1.50. The van der Waals surface area contributed by atoms with Gasteiger partial charge in [0.1, 0.15) is 5.75 Å². The van der Waals surface area contributed by atoms with Gasteiger partial charge in [-0.3, -0.25) is 10.2 Å². The molecule has 0 aliphatic carbocycles. The maximum atomic E-state index is 11.0. The topological polar surface area (TPSA) is 83.0 Å². The van der Waals surface area contributed by atoms with Gasteiger partial charge in [0, 0.05) is 16.3 Å². The number of nitrogens with one attached hydrogen (secondary N) is 2. The lowest BCUT2D eigenvalue weighted by molar-refractivity contribution is -0.136. The number of benzene rings is 2. The van der Waals surface area contributed by atoms with Crippen molar-refractivity contribution in [2.45, 2.75) is 20.3 Å². The largest absolute Gasteiger partial charge is 0.496 e. The van der Waals surface area contributed by atoms with E-state index in [1.807, 2.05) is 25.1 Å². The van der Waals surface area contributed by atoms with Gasteiger partial charge in [0.15, 0.2) is 5.11 Å². The number of halogens is 1. The molecule has 0 unspecified atom stereocenters. The number of anilines is 1. The van der Waals surface area contributed by atoms with Gasteiger partial charge >= 0.3 is 5.97 Å². The number of aliphatic carboxylic acids is 1. The molecule has 27 heavy (non-hydrogen) atoms. The Morgan fingerprint density at radius 1 is 1.33 bits per heavy atom. The third-order valence-corrected chi connectivity index (χ3v) is 4.48. The van der Waals surface area contributed by atoms with E-state index in [2.05, 4.69) is 15.8 Å². The number of ether oxygens (including phenoxy) is 1. The molecule has 8 heteroatoms. The van der Waals surface area contributed by atoms with Crippen LogP contribution < -0.4 is 15.5 Å². The van der Waals surface area contributed by atoms with Crippen LogP contribution >= 0.6 is 23.8 Å². The zero-order valence-corrected chi connectivity index (χ0v) is 16.7. The van der Waals surface area contributed by atoms with E-state index < -0.39 is 5.97 Å². The van der Waals surface area contributed by atoms with Gasteiger partial charge in [0.05, 0.1) is 19.2 Å². The van der Waals surface area contributed by atoms with Gasteiger partial charge in [-0.25, -0.2) is 0 Å². The molecule has 0 spiro atoms. The number of hydrogen-bond donors (Lipinski definition) is 3. The smallest absolute Gasteiger partial charge is 0.307 e. The Morgan fingerprint density at radius 2 is 2.07 bits per heavy atom. The molecule has 3 N–H and O–H groups in total. The van der Waals surface area contributed by atoms with Crippen LogP contribution in [0.25, 0.3) is 0 Å².